The molecule has 0 aliphatic heterocycles. The highest BCUT2D eigenvalue weighted by atomic mass is 32.2. The molecule has 1 aromatic rings. The van der Waals surface area contributed by atoms with Gasteiger partial charge in [0, 0.05) is 16.6 Å². The molecule has 1 atom stereocenters. The monoisotopic (exact) mass is 250 g/mol. The molecule has 0 saturated heterocycles. The van der Waals surface area contributed by atoms with Gasteiger partial charge < -0.3 is 11.1 Å². The molecule has 4 heteroatoms. The van der Waals surface area contributed by atoms with Crippen LogP contribution in [0.15, 0.2) is 23.1 Å². The van der Waals surface area contributed by atoms with Crippen LogP contribution in [0.2, 0.25) is 0 Å². The van der Waals surface area contributed by atoms with Crippen LogP contribution in [0.1, 0.15) is 25.3 Å². The van der Waals surface area contributed by atoms with Gasteiger partial charge >= 0.3 is 0 Å². The largest absolute Gasteiger partial charge is 0.398 e. The number of aryl methyl sites for hydroxylation is 1. The standard InChI is InChI=1S/C13H18N2OS/c1-8-4-3-5-11(12(8)14)17-9(2)13(16)15-10-6-7-10/h3-5,9-10H,6-7,14H2,1-2H3,(H,15,16). The van der Waals surface area contributed by atoms with Crippen LogP contribution >= 0.6 is 11.8 Å². The van der Waals surface area contributed by atoms with E-state index >= 15 is 0 Å². The van der Waals surface area contributed by atoms with Crippen molar-refractivity contribution in [2.24, 2.45) is 0 Å². The molecule has 0 bridgehead atoms. The number of nitrogens with two attached hydrogens (primary N) is 1. The molecule has 1 aliphatic rings. The Kier molecular flexibility index (Phi) is 3.62. The minimum absolute atomic E-state index is 0.0975. The van der Waals surface area contributed by atoms with Crippen molar-refractivity contribution < 1.29 is 4.79 Å². The second-order valence-electron chi connectivity index (χ2n) is 4.53. The topological polar surface area (TPSA) is 55.1 Å². The van der Waals surface area contributed by atoms with E-state index in [0.717, 1.165) is 29.0 Å². The molecule has 17 heavy (non-hydrogen) atoms. The highest BCUT2D eigenvalue weighted by molar-refractivity contribution is 8.00. The quantitative estimate of drug-likeness (QED) is 0.637. The third kappa shape index (κ3) is 3.16. The molecule has 0 heterocycles. The van der Waals surface area contributed by atoms with E-state index in [1.807, 2.05) is 32.0 Å². The summed E-state index contributed by atoms with van der Waals surface area (Å²) < 4.78 is 0. The molecule has 3 nitrogen and oxygen atoms in total. The van der Waals surface area contributed by atoms with Gasteiger partial charge in [0.15, 0.2) is 0 Å². The molecule has 0 radical (unpaired) electrons. The second kappa shape index (κ2) is 5.00. The molecule has 1 aliphatic carbocycles. The number of nitrogen functional groups attached to an aromatic ring is 1. The zero-order valence-corrected chi connectivity index (χ0v) is 11.0. The average Bonchev–Trinajstić information content (AvgIpc) is 3.08. The Hall–Kier alpha value is -1.16. The second-order valence-corrected chi connectivity index (χ2v) is 5.91. The number of benzene rings is 1. The van der Waals surface area contributed by atoms with Crippen LogP contribution in [-0.2, 0) is 4.79 Å². The number of carbonyl (C=O) groups excluding carboxylic acids is 1. The van der Waals surface area contributed by atoms with Crippen molar-refractivity contribution in [2.75, 3.05) is 5.73 Å². The van der Waals surface area contributed by atoms with Crippen LogP contribution < -0.4 is 11.1 Å². The van der Waals surface area contributed by atoms with Crippen LogP contribution in [0.4, 0.5) is 5.69 Å². The number of thioether (sulfide) groups is 1. The van der Waals surface area contributed by atoms with Gasteiger partial charge in [-0.05, 0) is 38.3 Å². The SMILES string of the molecule is Cc1cccc(SC(C)C(=O)NC2CC2)c1N. The molecule has 1 fully saturated rings. The van der Waals surface area contributed by atoms with Gasteiger partial charge in [0.25, 0.3) is 0 Å². The first-order valence-electron chi connectivity index (χ1n) is 5.90. The van der Waals surface area contributed by atoms with E-state index in [4.69, 9.17) is 5.73 Å². The van der Waals surface area contributed by atoms with Crippen molar-refractivity contribution >= 4 is 23.4 Å². The third-order valence-electron chi connectivity index (χ3n) is 2.88. The van der Waals surface area contributed by atoms with Crippen LogP contribution in [0.3, 0.4) is 0 Å². The summed E-state index contributed by atoms with van der Waals surface area (Å²) in [5.74, 6) is 0.110. The molecule has 0 spiro atoms. The number of rotatable bonds is 4. The summed E-state index contributed by atoms with van der Waals surface area (Å²) in [6, 6.07) is 6.34. The maximum absolute atomic E-state index is 11.8. The number of anilines is 1. The van der Waals surface area contributed by atoms with E-state index in [-0.39, 0.29) is 11.2 Å². The van der Waals surface area contributed by atoms with Crippen LogP contribution in [0.25, 0.3) is 0 Å². The van der Waals surface area contributed by atoms with Crippen molar-refractivity contribution in [2.45, 2.75) is 42.9 Å². The van der Waals surface area contributed by atoms with Gasteiger partial charge in [-0.1, -0.05) is 12.1 Å². The Morgan fingerprint density at radius 1 is 1.53 bits per heavy atom. The lowest BCUT2D eigenvalue weighted by Crippen LogP contribution is -2.32. The Labute approximate surface area is 106 Å². The molecular weight excluding hydrogens is 232 g/mol. The Morgan fingerprint density at radius 2 is 2.24 bits per heavy atom. The molecular formula is C13H18N2OS. The summed E-state index contributed by atoms with van der Waals surface area (Å²) in [4.78, 5) is 12.8. The first-order valence-corrected chi connectivity index (χ1v) is 6.78. The van der Waals surface area contributed by atoms with Crippen LogP contribution in [0, 0.1) is 6.92 Å². The highest BCUT2D eigenvalue weighted by Gasteiger charge is 2.26. The van der Waals surface area contributed by atoms with E-state index < -0.39 is 0 Å². The van der Waals surface area contributed by atoms with Gasteiger partial charge in [0.2, 0.25) is 5.91 Å². The minimum atomic E-state index is -0.0975. The van der Waals surface area contributed by atoms with Crippen molar-refractivity contribution in [1.29, 1.82) is 0 Å². The predicted molar refractivity (Wildman–Crippen MR) is 72.1 cm³/mol. The Bertz CT molecular complexity index is 429. The predicted octanol–water partition coefficient (Wildman–Crippen LogP) is 2.34. The van der Waals surface area contributed by atoms with Crippen molar-refractivity contribution in [3.63, 3.8) is 0 Å². The van der Waals surface area contributed by atoms with Crippen LogP contribution in [0.5, 0.6) is 0 Å². The smallest absolute Gasteiger partial charge is 0.233 e. The third-order valence-corrected chi connectivity index (χ3v) is 4.06. The summed E-state index contributed by atoms with van der Waals surface area (Å²) in [6.07, 6.45) is 2.24. The van der Waals surface area contributed by atoms with Crippen molar-refractivity contribution in [3.05, 3.63) is 23.8 Å². The Balaban J connectivity index is 1.99. The summed E-state index contributed by atoms with van der Waals surface area (Å²) in [5, 5.41) is 2.91. The van der Waals surface area contributed by atoms with Crippen LogP contribution in [-0.4, -0.2) is 17.2 Å². The first kappa shape index (κ1) is 12.3. The van der Waals surface area contributed by atoms with E-state index in [1.54, 1.807) is 0 Å². The van der Waals surface area contributed by atoms with Gasteiger partial charge in [-0.25, -0.2) is 0 Å². The van der Waals surface area contributed by atoms with Crippen molar-refractivity contribution in [3.8, 4) is 0 Å². The first-order chi connectivity index (χ1) is 8.08. The number of nitrogens with one attached hydrogen (secondary N) is 1. The van der Waals surface area contributed by atoms with Gasteiger partial charge in [-0.2, -0.15) is 0 Å². The molecule has 2 rings (SSSR count). The summed E-state index contributed by atoms with van der Waals surface area (Å²) in [5.41, 5.74) is 7.83. The lowest BCUT2D eigenvalue weighted by Gasteiger charge is -2.13. The Morgan fingerprint density at radius 3 is 2.88 bits per heavy atom. The lowest BCUT2D eigenvalue weighted by molar-refractivity contribution is -0.120. The lowest BCUT2D eigenvalue weighted by atomic mass is 10.2. The van der Waals surface area contributed by atoms with Crippen molar-refractivity contribution in [1.82, 2.24) is 5.32 Å². The van der Waals surface area contributed by atoms with E-state index in [1.165, 1.54) is 11.8 Å². The maximum Gasteiger partial charge on any atom is 0.233 e. The number of carbonyl (C=O) groups is 1. The molecule has 0 aromatic heterocycles. The fraction of sp³-hybridized carbons (Fsp3) is 0.462. The zero-order chi connectivity index (χ0) is 12.4. The van der Waals surface area contributed by atoms with Gasteiger partial charge in [-0.3, -0.25) is 4.79 Å². The number of hydrogen-bond acceptors (Lipinski definition) is 3. The highest BCUT2D eigenvalue weighted by Crippen LogP contribution is 2.31. The average molecular weight is 250 g/mol. The van der Waals surface area contributed by atoms with Gasteiger partial charge in [0.05, 0.1) is 5.25 Å². The van der Waals surface area contributed by atoms with E-state index in [2.05, 4.69) is 5.32 Å². The van der Waals surface area contributed by atoms with Gasteiger partial charge in [0.1, 0.15) is 0 Å². The zero-order valence-electron chi connectivity index (χ0n) is 10.2. The summed E-state index contributed by atoms with van der Waals surface area (Å²) in [7, 11) is 0. The normalized spacial score (nSPS) is 16.6. The molecule has 1 saturated carbocycles. The summed E-state index contributed by atoms with van der Waals surface area (Å²) >= 11 is 1.53. The molecule has 1 unspecified atom stereocenters. The minimum Gasteiger partial charge on any atom is -0.398 e. The maximum atomic E-state index is 11.8. The fourth-order valence-corrected chi connectivity index (χ4v) is 2.55. The molecule has 1 amide bonds. The summed E-state index contributed by atoms with van der Waals surface area (Å²) in [6.45, 7) is 3.90. The number of para-hydroxylation sites is 1. The van der Waals surface area contributed by atoms with E-state index in [9.17, 15) is 4.79 Å². The number of hydrogen-bond donors (Lipinski definition) is 2. The fourth-order valence-electron chi connectivity index (χ4n) is 1.55. The van der Waals surface area contributed by atoms with E-state index in [0.29, 0.717) is 6.04 Å². The van der Waals surface area contributed by atoms with Gasteiger partial charge in [-0.15, -0.1) is 11.8 Å². The molecule has 92 valence electrons. The number of amides is 1. The molecule has 1 aromatic carbocycles. The molecule has 3 N–H and O–H groups in total.